The van der Waals surface area contributed by atoms with Crippen LogP contribution in [0.1, 0.15) is 42.1 Å². The van der Waals surface area contributed by atoms with Crippen molar-refractivity contribution >= 4 is 12.0 Å². The molecule has 2 atom stereocenters. The Labute approximate surface area is 184 Å². The van der Waals surface area contributed by atoms with E-state index in [1.807, 2.05) is 20.0 Å². The van der Waals surface area contributed by atoms with Gasteiger partial charge in [0.25, 0.3) is 0 Å². The molecule has 1 aromatic carbocycles. The van der Waals surface area contributed by atoms with E-state index in [9.17, 15) is 18.0 Å². The summed E-state index contributed by atoms with van der Waals surface area (Å²) in [7, 11) is 0. The van der Waals surface area contributed by atoms with Gasteiger partial charge in [-0.2, -0.15) is 13.2 Å². The number of anilines is 1. The Balaban J connectivity index is 1.41. The lowest BCUT2D eigenvalue weighted by molar-refractivity contribution is -0.137. The van der Waals surface area contributed by atoms with Crippen molar-refractivity contribution in [2.75, 3.05) is 25.0 Å². The Bertz CT molecular complexity index is 963. The SMILES string of the molecule is CC(C)Nc1ncc2c(n1)CN(C(=O)NC1CNCC1c1ccc(C(F)(F)F)cc1)CC2. The Morgan fingerprint density at radius 2 is 1.97 bits per heavy atom. The standard InChI is InChI=1S/C22H27F3N6O/c1-13(2)28-20-27-9-15-7-8-31(12-19(15)29-20)21(32)30-18-11-26-10-17(18)14-3-5-16(6-4-14)22(23,24)25/h3-6,9,13,17-18,26H,7-8,10-12H2,1-2H3,(H,30,32)(H,27,28,29). The van der Waals surface area contributed by atoms with Gasteiger partial charge >= 0.3 is 12.2 Å². The minimum atomic E-state index is -4.36. The molecule has 4 rings (SSSR count). The summed E-state index contributed by atoms with van der Waals surface area (Å²) in [4.78, 5) is 23.6. The lowest BCUT2D eigenvalue weighted by Crippen LogP contribution is -2.48. The summed E-state index contributed by atoms with van der Waals surface area (Å²) >= 11 is 0. The lowest BCUT2D eigenvalue weighted by Gasteiger charge is -2.30. The van der Waals surface area contributed by atoms with Crippen LogP contribution in [0.5, 0.6) is 0 Å². The molecule has 0 bridgehead atoms. The van der Waals surface area contributed by atoms with Crippen LogP contribution >= 0.6 is 0 Å². The van der Waals surface area contributed by atoms with Crippen molar-refractivity contribution in [3.8, 4) is 0 Å². The fourth-order valence-corrected chi connectivity index (χ4v) is 4.15. The van der Waals surface area contributed by atoms with E-state index in [1.54, 1.807) is 4.90 Å². The molecule has 2 aliphatic rings. The normalized spacial score (nSPS) is 20.9. The van der Waals surface area contributed by atoms with E-state index < -0.39 is 11.7 Å². The zero-order chi connectivity index (χ0) is 22.9. The third kappa shape index (κ3) is 4.95. The molecular formula is C22H27F3N6O. The average Bonchev–Trinajstić information content (AvgIpc) is 3.20. The predicted octanol–water partition coefficient (Wildman–Crippen LogP) is 3.14. The molecule has 1 saturated heterocycles. The van der Waals surface area contributed by atoms with Crippen LogP contribution in [0.3, 0.4) is 0 Å². The van der Waals surface area contributed by atoms with E-state index in [1.165, 1.54) is 12.1 Å². The number of halogens is 3. The first-order valence-electron chi connectivity index (χ1n) is 10.8. The number of amides is 2. The van der Waals surface area contributed by atoms with Gasteiger partial charge in [0.1, 0.15) is 0 Å². The molecule has 3 N–H and O–H groups in total. The number of hydrogen-bond acceptors (Lipinski definition) is 5. The Kier molecular flexibility index (Phi) is 6.23. The second-order valence-electron chi connectivity index (χ2n) is 8.58. The maximum Gasteiger partial charge on any atom is 0.416 e. The summed E-state index contributed by atoms with van der Waals surface area (Å²) in [5, 5.41) is 9.47. The first-order valence-corrected chi connectivity index (χ1v) is 10.8. The van der Waals surface area contributed by atoms with Crippen molar-refractivity contribution in [1.29, 1.82) is 0 Å². The highest BCUT2D eigenvalue weighted by Crippen LogP contribution is 2.31. The van der Waals surface area contributed by atoms with Gasteiger partial charge < -0.3 is 20.9 Å². The molecular weight excluding hydrogens is 421 g/mol. The van der Waals surface area contributed by atoms with Crippen LogP contribution in [0, 0.1) is 0 Å². The van der Waals surface area contributed by atoms with Crippen molar-refractivity contribution < 1.29 is 18.0 Å². The fourth-order valence-electron chi connectivity index (χ4n) is 4.15. The summed E-state index contributed by atoms with van der Waals surface area (Å²) in [5.41, 5.74) is 1.96. The van der Waals surface area contributed by atoms with E-state index in [0.717, 1.165) is 29.0 Å². The largest absolute Gasteiger partial charge is 0.416 e. The van der Waals surface area contributed by atoms with Gasteiger partial charge in [0.2, 0.25) is 5.95 Å². The minimum absolute atomic E-state index is 0.0949. The van der Waals surface area contributed by atoms with Crippen LogP contribution < -0.4 is 16.0 Å². The van der Waals surface area contributed by atoms with E-state index in [4.69, 9.17) is 0 Å². The highest BCUT2D eigenvalue weighted by molar-refractivity contribution is 5.75. The number of hydrogen-bond donors (Lipinski definition) is 3. The van der Waals surface area contributed by atoms with Gasteiger partial charge in [-0.05, 0) is 43.5 Å². The van der Waals surface area contributed by atoms with Gasteiger partial charge in [0.05, 0.1) is 23.8 Å². The summed E-state index contributed by atoms with van der Waals surface area (Å²) in [5.74, 6) is 0.450. The van der Waals surface area contributed by atoms with Crippen LogP contribution in [0.2, 0.25) is 0 Å². The molecule has 2 amide bonds. The molecule has 172 valence electrons. The van der Waals surface area contributed by atoms with Crippen molar-refractivity contribution in [3.05, 3.63) is 52.8 Å². The van der Waals surface area contributed by atoms with Gasteiger partial charge in [0.15, 0.2) is 0 Å². The zero-order valence-electron chi connectivity index (χ0n) is 18.0. The maximum absolute atomic E-state index is 13.0. The number of carbonyl (C=O) groups is 1. The van der Waals surface area contributed by atoms with Crippen LogP contribution in [0.25, 0.3) is 0 Å². The number of fused-ring (bicyclic) bond motifs is 1. The third-order valence-corrected chi connectivity index (χ3v) is 5.84. The molecule has 1 fully saturated rings. The van der Waals surface area contributed by atoms with Crippen LogP contribution in [-0.4, -0.2) is 52.6 Å². The van der Waals surface area contributed by atoms with Gasteiger partial charge in [-0.25, -0.2) is 14.8 Å². The number of nitrogens with zero attached hydrogens (tertiary/aromatic N) is 3. The summed E-state index contributed by atoms with van der Waals surface area (Å²) in [6.45, 7) is 6.12. The second-order valence-corrected chi connectivity index (χ2v) is 8.58. The van der Waals surface area contributed by atoms with Gasteiger partial charge in [0, 0.05) is 37.8 Å². The average molecular weight is 448 g/mol. The fraction of sp³-hybridized carbons (Fsp3) is 0.500. The van der Waals surface area contributed by atoms with Crippen LogP contribution in [-0.2, 0) is 19.1 Å². The van der Waals surface area contributed by atoms with Crippen molar-refractivity contribution in [2.24, 2.45) is 0 Å². The zero-order valence-corrected chi connectivity index (χ0v) is 18.0. The van der Waals surface area contributed by atoms with Crippen molar-refractivity contribution in [3.63, 3.8) is 0 Å². The van der Waals surface area contributed by atoms with Gasteiger partial charge in [-0.1, -0.05) is 12.1 Å². The van der Waals surface area contributed by atoms with Gasteiger partial charge in [-0.15, -0.1) is 0 Å². The van der Waals surface area contributed by atoms with Crippen LogP contribution in [0.4, 0.5) is 23.9 Å². The highest BCUT2D eigenvalue weighted by Gasteiger charge is 2.34. The topological polar surface area (TPSA) is 82.2 Å². The highest BCUT2D eigenvalue weighted by atomic mass is 19.4. The monoisotopic (exact) mass is 448 g/mol. The summed E-state index contributed by atoms with van der Waals surface area (Å²) < 4.78 is 38.6. The Morgan fingerprint density at radius 3 is 2.66 bits per heavy atom. The molecule has 1 aromatic heterocycles. The molecule has 3 heterocycles. The molecule has 0 spiro atoms. The number of rotatable bonds is 4. The number of benzene rings is 1. The van der Waals surface area contributed by atoms with Crippen molar-refractivity contribution in [2.45, 2.75) is 51.0 Å². The second kappa shape index (κ2) is 8.93. The lowest BCUT2D eigenvalue weighted by atomic mass is 9.93. The molecule has 32 heavy (non-hydrogen) atoms. The molecule has 10 heteroatoms. The molecule has 7 nitrogen and oxygen atoms in total. The Morgan fingerprint density at radius 1 is 1.22 bits per heavy atom. The van der Waals surface area contributed by atoms with E-state index in [-0.39, 0.29) is 24.0 Å². The first kappa shape index (κ1) is 22.3. The minimum Gasteiger partial charge on any atom is -0.352 e. The number of aromatic nitrogens is 2. The predicted molar refractivity (Wildman–Crippen MR) is 114 cm³/mol. The van der Waals surface area contributed by atoms with E-state index in [2.05, 4.69) is 25.9 Å². The molecule has 0 saturated carbocycles. The first-order chi connectivity index (χ1) is 15.2. The number of alkyl halides is 3. The maximum atomic E-state index is 13.0. The molecule has 2 aliphatic heterocycles. The molecule has 2 unspecified atom stereocenters. The summed E-state index contributed by atoms with van der Waals surface area (Å²) in [6.07, 6.45) is -1.88. The quantitative estimate of drug-likeness (QED) is 0.670. The van der Waals surface area contributed by atoms with Gasteiger partial charge in [-0.3, -0.25) is 0 Å². The number of carbonyl (C=O) groups excluding carboxylic acids is 1. The number of nitrogens with one attached hydrogen (secondary N) is 3. The smallest absolute Gasteiger partial charge is 0.352 e. The third-order valence-electron chi connectivity index (χ3n) is 5.84. The Hall–Kier alpha value is -2.88. The van der Waals surface area contributed by atoms with Crippen LogP contribution in [0.15, 0.2) is 30.5 Å². The van der Waals surface area contributed by atoms with Crippen molar-refractivity contribution in [1.82, 2.24) is 25.5 Å². The molecule has 0 aliphatic carbocycles. The van der Waals surface area contributed by atoms with E-state index in [0.29, 0.717) is 38.5 Å². The molecule has 0 radical (unpaired) electrons. The number of urea groups is 1. The summed E-state index contributed by atoms with van der Waals surface area (Å²) in [6, 6.07) is 4.98. The van der Waals surface area contributed by atoms with E-state index >= 15 is 0 Å². The molecule has 2 aromatic rings.